The van der Waals surface area contributed by atoms with Gasteiger partial charge in [0.1, 0.15) is 11.6 Å². The van der Waals surface area contributed by atoms with Crippen LogP contribution >= 0.6 is 24.0 Å². The van der Waals surface area contributed by atoms with E-state index in [1.807, 2.05) is 31.2 Å². The van der Waals surface area contributed by atoms with Crippen LogP contribution in [0.5, 0.6) is 5.75 Å². The lowest BCUT2D eigenvalue weighted by molar-refractivity contribution is 0.123. The zero-order valence-corrected chi connectivity index (χ0v) is 18.0. The molecule has 0 aromatic heterocycles. The van der Waals surface area contributed by atoms with Crippen LogP contribution < -0.4 is 15.4 Å². The lowest BCUT2D eigenvalue weighted by atomic mass is 10.2. The fourth-order valence-corrected chi connectivity index (χ4v) is 2.38. The van der Waals surface area contributed by atoms with E-state index in [4.69, 9.17) is 9.47 Å². The average Bonchev–Trinajstić information content (AvgIpc) is 2.67. The van der Waals surface area contributed by atoms with Gasteiger partial charge in [0.2, 0.25) is 0 Å². The Hall–Kier alpha value is -1.87. The smallest absolute Gasteiger partial charge is 0.191 e. The molecule has 0 saturated carbocycles. The molecule has 0 saturated heterocycles. The molecule has 0 bridgehead atoms. The first-order chi connectivity index (χ1) is 12.7. The quantitative estimate of drug-likeness (QED) is 0.245. The Morgan fingerprint density at radius 3 is 2.44 bits per heavy atom. The summed E-state index contributed by atoms with van der Waals surface area (Å²) in [6.07, 6.45) is 0. The molecule has 2 aromatic rings. The lowest BCUT2D eigenvalue weighted by Gasteiger charge is -2.12. The van der Waals surface area contributed by atoms with Crippen molar-refractivity contribution in [1.82, 2.24) is 10.6 Å². The number of para-hydroxylation sites is 1. The summed E-state index contributed by atoms with van der Waals surface area (Å²) in [5.41, 5.74) is 1.58. The van der Waals surface area contributed by atoms with E-state index in [1.54, 1.807) is 25.3 Å². The maximum absolute atomic E-state index is 13.7. The van der Waals surface area contributed by atoms with Crippen molar-refractivity contribution in [2.24, 2.45) is 4.99 Å². The summed E-state index contributed by atoms with van der Waals surface area (Å²) < 4.78 is 24.6. The number of guanidine groups is 1. The van der Waals surface area contributed by atoms with E-state index in [0.717, 1.165) is 17.9 Å². The number of halogens is 2. The van der Waals surface area contributed by atoms with Crippen LogP contribution in [0.25, 0.3) is 0 Å². The van der Waals surface area contributed by atoms with Crippen LogP contribution in [0.4, 0.5) is 4.39 Å². The van der Waals surface area contributed by atoms with Gasteiger partial charge in [-0.3, -0.25) is 0 Å². The molecule has 0 aliphatic rings. The third-order valence-electron chi connectivity index (χ3n) is 3.70. The summed E-state index contributed by atoms with van der Waals surface area (Å²) in [5, 5.41) is 6.33. The first-order valence-electron chi connectivity index (χ1n) is 8.69. The number of rotatable bonds is 9. The second-order valence-electron chi connectivity index (χ2n) is 5.58. The highest BCUT2D eigenvalue weighted by molar-refractivity contribution is 14.0. The summed E-state index contributed by atoms with van der Waals surface area (Å²) in [4.78, 5) is 4.41. The van der Waals surface area contributed by atoms with Gasteiger partial charge in [-0.2, -0.15) is 0 Å². The highest BCUT2D eigenvalue weighted by atomic mass is 127. The van der Waals surface area contributed by atoms with Crippen molar-refractivity contribution in [1.29, 1.82) is 0 Å². The summed E-state index contributed by atoms with van der Waals surface area (Å²) in [6, 6.07) is 14.4. The molecule has 0 fully saturated rings. The predicted molar refractivity (Wildman–Crippen MR) is 117 cm³/mol. The second-order valence-corrected chi connectivity index (χ2v) is 5.58. The van der Waals surface area contributed by atoms with Crippen molar-refractivity contribution in [3.05, 3.63) is 65.5 Å². The second kappa shape index (κ2) is 13.3. The van der Waals surface area contributed by atoms with Crippen LogP contribution in [0.15, 0.2) is 53.5 Å². The molecule has 0 atom stereocenters. The molecule has 0 amide bonds. The van der Waals surface area contributed by atoms with Crippen LogP contribution in [0.2, 0.25) is 0 Å². The maximum atomic E-state index is 13.7. The van der Waals surface area contributed by atoms with Crippen molar-refractivity contribution in [3.8, 4) is 5.75 Å². The highest BCUT2D eigenvalue weighted by Crippen LogP contribution is 2.17. The van der Waals surface area contributed by atoms with Crippen molar-refractivity contribution in [2.45, 2.75) is 20.1 Å². The van der Waals surface area contributed by atoms with Gasteiger partial charge >= 0.3 is 0 Å². The average molecular weight is 487 g/mol. The number of hydrogen-bond acceptors (Lipinski definition) is 3. The molecule has 2 aromatic carbocycles. The zero-order chi connectivity index (χ0) is 18.6. The summed E-state index contributed by atoms with van der Waals surface area (Å²) >= 11 is 0. The van der Waals surface area contributed by atoms with Crippen LogP contribution in [-0.2, 0) is 17.9 Å². The van der Waals surface area contributed by atoms with E-state index in [0.29, 0.717) is 31.3 Å². The molecule has 5 nitrogen and oxygen atoms in total. The van der Waals surface area contributed by atoms with E-state index >= 15 is 0 Å². The van der Waals surface area contributed by atoms with E-state index in [9.17, 15) is 4.39 Å². The molecule has 27 heavy (non-hydrogen) atoms. The van der Waals surface area contributed by atoms with E-state index in [2.05, 4.69) is 15.6 Å². The number of methoxy groups -OCH3 is 1. The van der Waals surface area contributed by atoms with Crippen molar-refractivity contribution in [3.63, 3.8) is 0 Å². The Labute approximate surface area is 177 Å². The van der Waals surface area contributed by atoms with Crippen molar-refractivity contribution in [2.75, 3.05) is 26.8 Å². The van der Waals surface area contributed by atoms with Crippen LogP contribution in [-0.4, -0.2) is 32.8 Å². The molecule has 0 aliphatic carbocycles. The van der Waals surface area contributed by atoms with Crippen molar-refractivity contribution >= 4 is 29.9 Å². The van der Waals surface area contributed by atoms with Gasteiger partial charge in [0.25, 0.3) is 0 Å². The largest absolute Gasteiger partial charge is 0.496 e. The molecule has 7 heteroatoms. The minimum Gasteiger partial charge on any atom is -0.496 e. The van der Waals surface area contributed by atoms with Gasteiger partial charge in [0.05, 0.1) is 26.9 Å². The molecule has 0 radical (unpaired) electrons. The molecule has 0 aliphatic heterocycles. The third-order valence-corrected chi connectivity index (χ3v) is 3.70. The van der Waals surface area contributed by atoms with Crippen molar-refractivity contribution < 1.29 is 13.9 Å². The number of nitrogens with one attached hydrogen (secondary N) is 2. The van der Waals surface area contributed by atoms with Gasteiger partial charge in [-0.15, -0.1) is 24.0 Å². The predicted octanol–water partition coefficient (Wildman–Crippen LogP) is 3.72. The Kier molecular flexibility index (Phi) is 11.4. The monoisotopic (exact) mass is 487 g/mol. The van der Waals surface area contributed by atoms with Crippen LogP contribution in [0.1, 0.15) is 18.1 Å². The molecular formula is C20H27FIN3O2. The molecule has 2 N–H and O–H groups in total. The Bertz CT molecular complexity index is 713. The van der Waals surface area contributed by atoms with Gasteiger partial charge in [0.15, 0.2) is 5.96 Å². The first kappa shape index (κ1) is 23.2. The van der Waals surface area contributed by atoms with Crippen LogP contribution in [0.3, 0.4) is 0 Å². The summed E-state index contributed by atoms with van der Waals surface area (Å²) in [5.74, 6) is 1.21. The third kappa shape index (κ3) is 8.13. The number of ether oxygens (including phenoxy) is 2. The number of aliphatic imine (C=N–C) groups is 1. The van der Waals surface area contributed by atoms with E-state index in [-0.39, 0.29) is 36.3 Å². The summed E-state index contributed by atoms with van der Waals surface area (Å²) in [7, 11) is 1.65. The first-order valence-corrected chi connectivity index (χ1v) is 8.69. The number of hydrogen-bond donors (Lipinski definition) is 2. The topological polar surface area (TPSA) is 54.9 Å². The van der Waals surface area contributed by atoms with Gasteiger partial charge in [0, 0.05) is 24.2 Å². The zero-order valence-electron chi connectivity index (χ0n) is 15.7. The molecular weight excluding hydrogens is 460 g/mol. The van der Waals surface area contributed by atoms with E-state index < -0.39 is 0 Å². The summed E-state index contributed by atoms with van der Waals surface area (Å²) in [6.45, 7) is 4.59. The fourth-order valence-electron chi connectivity index (χ4n) is 2.38. The van der Waals surface area contributed by atoms with Crippen LogP contribution in [0, 0.1) is 5.82 Å². The fraction of sp³-hybridized carbons (Fsp3) is 0.350. The minimum absolute atomic E-state index is 0. The number of nitrogens with zero attached hydrogens (tertiary/aromatic N) is 1. The molecule has 148 valence electrons. The lowest BCUT2D eigenvalue weighted by Crippen LogP contribution is -2.39. The maximum Gasteiger partial charge on any atom is 0.191 e. The Morgan fingerprint density at radius 2 is 1.74 bits per heavy atom. The molecule has 0 heterocycles. The number of benzene rings is 2. The normalized spacial score (nSPS) is 10.9. The van der Waals surface area contributed by atoms with E-state index in [1.165, 1.54) is 6.07 Å². The van der Waals surface area contributed by atoms with Gasteiger partial charge in [-0.05, 0) is 19.1 Å². The SMILES string of the molecule is CCNC(=NCc1ccccc1F)NCCOCc1ccccc1OC.I. The standard InChI is InChI=1S/C20H26FN3O2.HI/c1-3-22-20(24-14-16-8-4-6-10-18(16)21)23-12-13-26-15-17-9-5-7-11-19(17)25-2;/h4-11H,3,12-15H2,1-2H3,(H2,22,23,24);1H. The Morgan fingerprint density at radius 1 is 1.04 bits per heavy atom. The Balaban J connectivity index is 0.00000364. The highest BCUT2D eigenvalue weighted by Gasteiger charge is 2.03. The van der Waals surface area contributed by atoms with Gasteiger partial charge in [-0.1, -0.05) is 36.4 Å². The molecule has 2 rings (SSSR count). The van der Waals surface area contributed by atoms with Gasteiger partial charge in [-0.25, -0.2) is 9.38 Å². The molecule has 0 spiro atoms. The minimum atomic E-state index is -0.243. The van der Waals surface area contributed by atoms with Gasteiger partial charge < -0.3 is 20.1 Å². The molecule has 0 unspecified atom stereocenters.